The van der Waals surface area contributed by atoms with Crippen molar-refractivity contribution in [3.05, 3.63) is 83.9 Å². The van der Waals surface area contributed by atoms with Gasteiger partial charge in [-0.3, -0.25) is 0 Å². The Morgan fingerprint density at radius 2 is 1.31 bits per heavy atom. The zero-order chi connectivity index (χ0) is 20.9. The van der Waals surface area contributed by atoms with E-state index in [0.29, 0.717) is 0 Å². The summed E-state index contributed by atoms with van der Waals surface area (Å²) in [6.45, 7) is 4.19. The van der Waals surface area contributed by atoms with Crippen molar-refractivity contribution in [3.63, 3.8) is 0 Å². The van der Waals surface area contributed by atoms with Crippen molar-refractivity contribution in [3.8, 4) is 5.75 Å². The van der Waals surface area contributed by atoms with Gasteiger partial charge in [0.1, 0.15) is 5.75 Å². The molecule has 0 aliphatic rings. The molecule has 29 heavy (non-hydrogen) atoms. The highest BCUT2D eigenvalue weighted by Crippen LogP contribution is 2.35. The molecule has 0 radical (unpaired) electrons. The smallest absolute Gasteiger partial charge is 0.167 e. The number of ether oxygens (including phenoxy) is 1. The van der Waals surface area contributed by atoms with E-state index >= 15 is 0 Å². The summed E-state index contributed by atoms with van der Waals surface area (Å²) >= 11 is 0. The first-order chi connectivity index (χ1) is 13.8. The molecular weight excluding hydrogens is 404 g/mol. The topological polar surface area (TPSA) is 66.4 Å². The normalized spacial score (nSPS) is 11.6. The van der Waals surface area contributed by atoms with Crippen LogP contribution in [0.2, 0.25) is 0 Å². The molecule has 0 fully saturated rings. The van der Waals surface area contributed by atoms with Crippen molar-refractivity contribution in [2.24, 2.45) is 0 Å². The molecule has 6 heteroatoms. The minimum Gasteiger partial charge on any atom is -0.748 e. The van der Waals surface area contributed by atoms with Gasteiger partial charge < -0.3 is 9.29 Å². The Labute approximate surface area is 175 Å². The number of rotatable bonds is 8. The zero-order valence-electron chi connectivity index (χ0n) is 16.5. The third-order valence-electron chi connectivity index (χ3n) is 4.41. The van der Waals surface area contributed by atoms with Gasteiger partial charge in [-0.2, -0.15) is 0 Å². The van der Waals surface area contributed by atoms with Gasteiger partial charge in [0.25, 0.3) is 0 Å². The van der Waals surface area contributed by atoms with Crippen LogP contribution in [-0.4, -0.2) is 25.3 Å². The molecule has 0 bridgehead atoms. The molecule has 0 aliphatic carbocycles. The lowest BCUT2D eigenvalue weighted by atomic mass is 10.1. The average Bonchev–Trinajstić information content (AvgIpc) is 2.68. The fourth-order valence-corrected chi connectivity index (χ4v) is 5.92. The fraction of sp³-hybridized carbons (Fsp3) is 0.217. The maximum absolute atomic E-state index is 10.8. The van der Waals surface area contributed by atoms with Crippen LogP contribution < -0.4 is 4.74 Å². The zero-order valence-corrected chi connectivity index (χ0v) is 18.1. The van der Waals surface area contributed by atoms with Crippen molar-refractivity contribution in [2.45, 2.75) is 35.0 Å². The highest BCUT2D eigenvalue weighted by Gasteiger charge is 2.29. The molecule has 0 aliphatic heterocycles. The van der Waals surface area contributed by atoms with Crippen molar-refractivity contribution < 1.29 is 17.7 Å². The molecule has 4 nitrogen and oxygen atoms in total. The summed E-state index contributed by atoms with van der Waals surface area (Å²) in [5, 5.41) is 0. The molecule has 0 unspecified atom stereocenters. The quantitative estimate of drug-likeness (QED) is 0.296. The van der Waals surface area contributed by atoms with Crippen molar-refractivity contribution in [2.75, 3.05) is 12.4 Å². The maximum atomic E-state index is 10.8. The summed E-state index contributed by atoms with van der Waals surface area (Å²) in [5.74, 6) is 0.344. The molecule has 0 atom stereocenters. The van der Waals surface area contributed by atoms with E-state index in [1.54, 1.807) is 0 Å². The molecule has 3 aromatic rings. The second-order valence-corrected chi connectivity index (χ2v) is 10.3. The predicted molar refractivity (Wildman–Crippen MR) is 116 cm³/mol. The summed E-state index contributed by atoms with van der Waals surface area (Å²) in [6, 6.07) is 25.1. The third kappa shape index (κ3) is 5.85. The standard InChI is InChI=1S/C23H24O4S2/c1-18-16-22(17-19(2)23(18)27-14-9-15-29(24,25)26)28(20-10-5-3-6-11-20)21-12-7-4-8-13-21/h3-8,10-13,16-17H,9,14-15H2,1-2H3. The van der Waals surface area contributed by atoms with Crippen LogP contribution in [0.25, 0.3) is 0 Å². The van der Waals surface area contributed by atoms with E-state index in [9.17, 15) is 13.0 Å². The maximum Gasteiger partial charge on any atom is 0.167 e. The Hall–Kier alpha value is -2.28. The van der Waals surface area contributed by atoms with Crippen LogP contribution in [0.5, 0.6) is 5.75 Å². The first kappa shape index (κ1) is 21.4. The molecule has 0 saturated carbocycles. The average molecular weight is 429 g/mol. The Bertz CT molecular complexity index is 986. The Morgan fingerprint density at radius 3 is 1.76 bits per heavy atom. The molecule has 0 amide bonds. The molecule has 0 N–H and O–H groups in total. The van der Waals surface area contributed by atoms with Crippen LogP contribution in [0.15, 0.2) is 87.5 Å². The molecule has 152 valence electrons. The van der Waals surface area contributed by atoms with Gasteiger partial charge >= 0.3 is 0 Å². The first-order valence-electron chi connectivity index (χ1n) is 9.37. The molecule has 3 rings (SSSR count). The minimum atomic E-state index is -4.21. The summed E-state index contributed by atoms with van der Waals surface area (Å²) < 4.78 is 38.1. The van der Waals surface area contributed by atoms with E-state index in [0.717, 1.165) is 16.9 Å². The van der Waals surface area contributed by atoms with E-state index in [4.69, 9.17) is 4.74 Å². The van der Waals surface area contributed by atoms with Gasteiger partial charge in [-0.15, -0.1) is 0 Å². The van der Waals surface area contributed by atoms with Gasteiger partial charge in [-0.25, -0.2) is 8.42 Å². The van der Waals surface area contributed by atoms with E-state index in [1.165, 1.54) is 14.7 Å². The highest BCUT2D eigenvalue weighted by molar-refractivity contribution is 7.97. The minimum absolute atomic E-state index is 0.185. The van der Waals surface area contributed by atoms with Gasteiger partial charge in [0, 0.05) is 17.9 Å². The Balaban J connectivity index is 1.90. The summed E-state index contributed by atoms with van der Waals surface area (Å²) in [6.07, 6.45) is 0.185. The van der Waals surface area contributed by atoms with Gasteiger partial charge in [0.05, 0.1) is 27.6 Å². The highest BCUT2D eigenvalue weighted by atomic mass is 32.2. The lowest BCUT2D eigenvalue weighted by molar-refractivity contribution is 0.311. The van der Waals surface area contributed by atoms with Gasteiger partial charge in [0.15, 0.2) is 14.7 Å². The van der Waals surface area contributed by atoms with E-state index < -0.39 is 15.9 Å². The van der Waals surface area contributed by atoms with E-state index in [-0.39, 0.29) is 23.9 Å². The number of benzene rings is 3. The monoisotopic (exact) mass is 428 g/mol. The van der Waals surface area contributed by atoms with Gasteiger partial charge in [-0.05, 0) is 55.7 Å². The Kier molecular flexibility index (Phi) is 7.00. The summed E-state index contributed by atoms with van der Waals surface area (Å²) in [7, 11) is -4.45. The van der Waals surface area contributed by atoms with Crippen LogP contribution in [0.4, 0.5) is 0 Å². The number of aryl methyl sites for hydroxylation is 2. The molecule has 0 aromatic heterocycles. The van der Waals surface area contributed by atoms with Crippen LogP contribution >= 0.6 is 0 Å². The lowest BCUT2D eigenvalue weighted by Crippen LogP contribution is -2.10. The van der Waals surface area contributed by atoms with Gasteiger partial charge in [-0.1, -0.05) is 36.4 Å². The van der Waals surface area contributed by atoms with Crippen molar-refractivity contribution in [1.29, 1.82) is 0 Å². The second kappa shape index (κ2) is 9.48. The molecular formula is C23H24O4S2. The summed E-state index contributed by atoms with van der Waals surface area (Å²) in [5.41, 5.74) is 1.99. The van der Waals surface area contributed by atoms with Crippen molar-refractivity contribution in [1.82, 2.24) is 0 Å². The van der Waals surface area contributed by atoms with Crippen LogP contribution in [-0.2, 0) is 21.0 Å². The Morgan fingerprint density at radius 1 is 0.828 bits per heavy atom. The molecule has 0 heterocycles. The second-order valence-electron chi connectivity index (χ2n) is 6.78. The number of hydrogen-bond acceptors (Lipinski definition) is 4. The van der Waals surface area contributed by atoms with Crippen LogP contribution in [0.3, 0.4) is 0 Å². The molecule has 0 saturated heterocycles. The fourth-order valence-electron chi connectivity index (χ4n) is 3.19. The SMILES string of the molecule is Cc1cc([S+](c2ccccc2)c2ccccc2)cc(C)c1OCCCS(=O)(=O)[O-]. The van der Waals surface area contributed by atoms with Crippen LogP contribution in [0, 0.1) is 13.8 Å². The van der Waals surface area contributed by atoms with Crippen molar-refractivity contribution >= 4 is 21.0 Å². The lowest BCUT2D eigenvalue weighted by Gasteiger charge is -2.15. The number of hydrogen-bond donors (Lipinski definition) is 0. The summed E-state index contributed by atoms with van der Waals surface area (Å²) in [4.78, 5) is 3.69. The largest absolute Gasteiger partial charge is 0.748 e. The predicted octanol–water partition coefficient (Wildman–Crippen LogP) is 4.71. The van der Waals surface area contributed by atoms with Gasteiger partial charge in [0.2, 0.25) is 0 Å². The molecule has 3 aromatic carbocycles. The first-order valence-corrected chi connectivity index (χ1v) is 12.2. The van der Waals surface area contributed by atoms with Crippen LogP contribution in [0.1, 0.15) is 17.5 Å². The van der Waals surface area contributed by atoms with E-state index in [2.05, 4.69) is 60.7 Å². The van der Waals surface area contributed by atoms with E-state index in [1.807, 2.05) is 26.0 Å². The molecule has 0 spiro atoms. The third-order valence-corrected chi connectivity index (χ3v) is 7.40.